The molecule has 1 aliphatic heterocycles. The molecule has 1 saturated carbocycles. The third kappa shape index (κ3) is 3.69. The summed E-state index contributed by atoms with van der Waals surface area (Å²) in [6.07, 6.45) is 9.78. The van der Waals surface area contributed by atoms with Crippen molar-refractivity contribution in [2.24, 2.45) is 11.1 Å². The van der Waals surface area contributed by atoms with Crippen LogP contribution in [-0.2, 0) is 4.74 Å². The molecule has 2 N–H and O–H groups in total. The topological polar surface area (TPSA) is 38.5 Å². The third-order valence-corrected chi connectivity index (χ3v) is 4.98. The Labute approximate surface area is 112 Å². The van der Waals surface area contributed by atoms with Crippen LogP contribution in [0.25, 0.3) is 0 Å². The van der Waals surface area contributed by atoms with E-state index in [1.165, 1.54) is 45.1 Å². The molecule has 1 unspecified atom stereocenters. The first-order valence-corrected chi connectivity index (χ1v) is 7.82. The number of nitrogens with two attached hydrogens (primary N) is 1. The molecule has 0 radical (unpaired) electrons. The van der Waals surface area contributed by atoms with Crippen LogP contribution in [-0.4, -0.2) is 43.8 Å². The standard InChI is InChI=1S/C15H30N2O/c1-2-14-12-17(10-11-18-14)9-8-15(13-16)6-4-3-5-7-15/h14H,2-13,16H2,1H3. The summed E-state index contributed by atoms with van der Waals surface area (Å²) >= 11 is 0. The summed E-state index contributed by atoms with van der Waals surface area (Å²) in [6, 6.07) is 0. The predicted octanol–water partition coefficient (Wildman–Crippen LogP) is 2.40. The van der Waals surface area contributed by atoms with E-state index >= 15 is 0 Å². The van der Waals surface area contributed by atoms with Gasteiger partial charge in [0.2, 0.25) is 0 Å². The molecule has 0 aromatic heterocycles. The fraction of sp³-hybridized carbons (Fsp3) is 1.00. The number of hydrogen-bond acceptors (Lipinski definition) is 3. The molecule has 106 valence electrons. The van der Waals surface area contributed by atoms with Gasteiger partial charge < -0.3 is 10.5 Å². The second-order valence-electron chi connectivity index (χ2n) is 6.22. The number of ether oxygens (including phenoxy) is 1. The average Bonchev–Trinajstić information content (AvgIpc) is 2.46. The van der Waals surface area contributed by atoms with E-state index in [1.54, 1.807) is 0 Å². The highest BCUT2D eigenvalue weighted by Gasteiger charge is 2.31. The zero-order chi connectivity index (χ0) is 12.8. The lowest BCUT2D eigenvalue weighted by Crippen LogP contribution is -2.44. The smallest absolute Gasteiger partial charge is 0.0700 e. The summed E-state index contributed by atoms with van der Waals surface area (Å²) in [5.74, 6) is 0. The molecule has 0 bridgehead atoms. The minimum Gasteiger partial charge on any atom is -0.376 e. The molecule has 0 amide bonds. The van der Waals surface area contributed by atoms with Gasteiger partial charge in [0.05, 0.1) is 12.7 Å². The Balaban J connectivity index is 1.78. The molecular weight excluding hydrogens is 224 g/mol. The Morgan fingerprint density at radius 2 is 2.06 bits per heavy atom. The van der Waals surface area contributed by atoms with E-state index in [-0.39, 0.29) is 0 Å². The number of hydrogen-bond donors (Lipinski definition) is 1. The molecule has 1 atom stereocenters. The molecular formula is C15H30N2O. The highest BCUT2D eigenvalue weighted by Crippen LogP contribution is 2.38. The van der Waals surface area contributed by atoms with Crippen LogP contribution in [0, 0.1) is 5.41 Å². The normalized spacial score (nSPS) is 29.3. The maximum Gasteiger partial charge on any atom is 0.0700 e. The number of morpholine rings is 1. The van der Waals surface area contributed by atoms with Crippen molar-refractivity contribution in [1.82, 2.24) is 4.90 Å². The van der Waals surface area contributed by atoms with E-state index in [0.29, 0.717) is 11.5 Å². The third-order valence-electron chi connectivity index (χ3n) is 4.98. The lowest BCUT2D eigenvalue weighted by molar-refractivity contribution is -0.0340. The lowest BCUT2D eigenvalue weighted by Gasteiger charge is -2.39. The van der Waals surface area contributed by atoms with Crippen molar-refractivity contribution >= 4 is 0 Å². The summed E-state index contributed by atoms with van der Waals surface area (Å²) < 4.78 is 5.73. The summed E-state index contributed by atoms with van der Waals surface area (Å²) in [6.45, 7) is 7.46. The molecule has 1 saturated heterocycles. The summed E-state index contributed by atoms with van der Waals surface area (Å²) in [5, 5.41) is 0. The molecule has 2 rings (SSSR count). The van der Waals surface area contributed by atoms with Gasteiger partial charge in [-0.25, -0.2) is 0 Å². The Bertz CT molecular complexity index is 239. The molecule has 3 heteroatoms. The van der Waals surface area contributed by atoms with Crippen LogP contribution in [0.15, 0.2) is 0 Å². The SMILES string of the molecule is CCC1CN(CCC2(CN)CCCCC2)CCO1. The average molecular weight is 254 g/mol. The van der Waals surface area contributed by atoms with E-state index < -0.39 is 0 Å². The van der Waals surface area contributed by atoms with Gasteiger partial charge in [0.15, 0.2) is 0 Å². The van der Waals surface area contributed by atoms with Crippen LogP contribution in [0.3, 0.4) is 0 Å². The lowest BCUT2D eigenvalue weighted by atomic mass is 9.72. The van der Waals surface area contributed by atoms with Crippen LogP contribution in [0.4, 0.5) is 0 Å². The van der Waals surface area contributed by atoms with Gasteiger partial charge in [-0.3, -0.25) is 4.90 Å². The minimum absolute atomic E-state index is 0.457. The van der Waals surface area contributed by atoms with Crippen molar-refractivity contribution in [1.29, 1.82) is 0 Å². The second-order valence-corrected chi connectivity index (χ2v) is 6.22. The van der Waals surface area contributed by atoms with Crippen molar-refractivity contribution in [3.8, 4) is 0 Å². The van der Waals surface area contributed by atoms with E-state index in [1.807, 2.05) is 0 Å². The minimum atomic E-state index is 0.457. The molecule has 2 aliphatic rings. The van der Waals surface area contributed by atoms with Crippen LogP contribution >= 0.6 is 0 Å². The van der Waals surface area contributed by atoms with E-state index in [4.69, 9.17) is 10.5 Å². The molecule has 1 heterocycles. The van der Waals surface area contributed by atoms with Crippen molar-refractivity contribution in [2.45, 2.75) is 58.0 Å². The monoisotopic (exact) mass is 254 g/mol. The fourth-order valence-electron chi connectivity index (χ4n) is 3.48. The van der Waals surface area contributed by atoms with Crippen molar-refractivity contribution in [3.05, 3.63) is 0 Å². The van der Waals surface area contributed by atoms with Gasteiger partial charge in [-0.15, -0.1) is 0 Å². The Morgan fingerprint density at radius 3 is 2.72 bits per heavy atom. The summed E-state index contributed by atoms with van der Waals surface area (Å²) in [4.78, 5) is 2.59. The number of rotatable bonds is 5. The first-order chi connectivity index (χ1) is 8.78. The second kappa shape index (κ2) is 6.88. The van der Waals surface area contributed by atoms with Gasteiger partial charge >= 0.3 is 0 Å². The van der Waals surface area contributed by atoms with Crippen LogP contribution in [0.2, 0.25) is 0 Å². The molecule has 3 nitrogen and oxygen atoms in total. The van der Waals surface area contributed by atoms with Gasteiger partial charge in [-0.1, -0.05) is 26.2 Å². The van der Waals surface area contributed by atoms with Gasteiger partial charge in [0.1, 0.15) is 0 Å². The zero-order valence-electron chi connectivity index (χ0n) is 12.0. The first-order valence-electron chi connectivity index (χ1n) is 7.82. The van der Waals surface area contributed by atoms with E-state index in [9.17, 15) is 0 Å². The molecule has 18 heavy (non-hydrogen) atoms. The molecule has 0 aromatic rings. The fourth-order valence-corrected chi connectivity index (χ4v) is 3.48. The maximum absolute atomic E-state index is 6.06. The predicted molar refractivity (Wildman–Crippen MR) is 75.7 cm³/mol. The first kappa shape index (κ1) is 14.3. The molecule has 0 aromatic carbocycles. The van der Waals surface area contributed by atoms with Crippen molar-refractivity contribution in [3.63, 3.8) is 0 Å². The summed E-state index contributed by atoms with van der Waals surface area (Å²) in [7, 11) is 0. The molecule has 1 aliphatic carbocycles. The van der Waals surface area contributed by atoms with E-state index in [0.717, 1.165) is 32.7 Å². The largest absolute Gasteiger partial charge is 0.376 e. The molecule has 0 spiro atoms. The van der Waals surface area contributed by atoms with Gasteiger partial charge in [0, 0.05) is 13.1 Å². The van der Waals surface area contributed by atoms with Gasteiger partial charge in [-0.05, 0) is 44.2 Å². The van der Waals surface area contributed by atoms with Gasteiger partial charge in [0.25, 0.3) is 0 Å². The highest BCUT2D eigenvalue weighted by molar-refractivity contribution is 4.85. The van der Waals surface area contributed by atoms with Crippen LogP contribution < -0.4 is 5.73 Å². The Kier molecular flexibility index (Phi) is 5.46. The van der Waals surface area contributed by atoms with Crippen molar-refractivity contribution in [2.75, 3.05) is 32.8 Å². The zero-order valence-corrected chi connectivity index (χ0v) is 12.0. The van der Waals surface area contributed by atoms with Crippen LogP contribution in [0.1, 0.15) is 51.9 Å². The summed E-state index contributed by atoms with van der Waals surface area (Å²) in [5.41, 5.74) is 6.52. The van der Waals surface area contributed by atoms with Crippen LogP contribution in [0.5, 0.6) is 0 Å². The highest BCUT2D eigenvalue weighted by atomic mass is 16.5. The maximum atomic E-state index is 6.06. The molecule has 2 fully saturated rings. The van der Waals surface area contributed by atoms with E-state index in [2.05, 4.69) is 11.8 Å². The Morgan fingerprint density at radius 1 is 1.28 bits per heavy atom. The Hall–Kier alpha value is -0.120. The quantitative estimate of drug-likeness (QED) is 0.819. The van der Waals surface area contributed by atoms with Crippen molar-refractivity contribution < 1.29 is 4.74 Å². The van der Waals surface area contributed by atoms with Gasteiger partial charge in [-0.2, -0.15) is 0 Å². The number of nitrogens with zero attached hydrogens (tertiary/aromatic N) is 1.